The van der Waals surface area contributed by atoms with Gasteiger partial charge in [-0.1, -0.05) is 19.1 Å². The summed E-state index contributed by atoms with van der Waals surface area (Å²) in [5, 5.41) is 9.52. The van der Waals surface area contributed by atoms with Crippen molar-refractivity contribution < 1.29 is 19.4 Å². The number of carboxylic acid groups (broad SMARTS) is 1. The number of hydrogen-bond acceptors (Lipinski definition) is 5. The number of carboxylic acids is 1. The van der Waals surface area contributed by atoms with E-state index in [0.29, 0.717) is 23.1 Å². The van der Waals surface area contributed by atoms with E-state index in [1.165, 1.54) is 6.20 Å². The Labute approximate surface area is 132 Å². The molecular formula is C16H17NO4S. The number of hydrogen-bond donors (Lipinski definition) is 1. The fourth-order valence-electron chi connectivity index (χ4n) is 1.75. The topological polar surface area (TPSA) is 68.7 Å². The van der Waals surface area contributed by atoms with Crippen LogP contribution in [0.5, 0.6) is 11.5 Å². The summed E-state index contributed by atoms with van der Waals surface area (Å²) in [4.78, 5) is 15.1. The normalized spacial score (nSPS) is 10.8. The van der Waals surface area contributed by atoms with Gasteiger partial charge in [0.1, 0.15) is 9.88 Å². The van der Waals surface area contributed by atoms with Crippen molar-refractivity contribution >= 4 is 29.5 Å². The third-order valence-electron chi connectivity index (χ3n) is 2.80. The van der Waals surface area contributed by atoms with E-state index in [9.17, 15) is 4.79 Å². The van der Waals surface area contributed by atoms with Gasteiger partial charge >= 0.3 is 5.97 Å². The van der Waals surface area contributed by atoms with Crippen molar-refractivity contribution in [2.24, 2.45) is 0 Å². The van der Waals surface area contributed by atoms with Crippen molar-refractivity contribution in [2.75, 3.05) is 13.7 Å². The van der Waals surface area contributed by atoms with Gasteiger partial charge < -0.3 is 14.6 Å². The molecule has 0 saturated carbocycles. The molecule has 1 aromatic carbocycles. The molecule has 1 heterocycles. The average molecular weight is 319 g/mol. The lowest BCUT2D eigenvalue weighted by Crippen LogP contribution is -1.97. The largest absolute Gasteiger partial charge is 0.493 e. The Kier molecular flexibility index (Phi) is 5.55. The van der Waals surface area contributed by atoms with Gasteiger partial charge in [-0.3, -0.25) is 0 Å². The number of ether oxygens (including phenoxy) is 2. The molecule has 0 aliphatic heterocycles. The smallest absolute Gasteiger partial charge is 0.347 e. The molecule has 0 aliphatic carbocycles. The second kappa shape index (κ2) is 7.61. The van der Waals surface area contributed by atoms with Crippen LogP contribution >= 0.6 is 11.3 Å². The lowest BCUT2D eigenvalue weighted by molar-refractivity contribution is 0.0702. The van der Waals surface area contributed by atoms with Crippen molar-refractivity contribution in [1.82, 2.24) is 4.98 Å². The SMILES string of the molecule is CCCOc1cc(/C=C/c2ncc(C(=O)O)s2)ccc1OC. The Morgan fingerprint density at radius 3 is 2.82 bits per heavy atom. The van der Waals surface area contributed by atoms with E-state index in [4.69, 9.17) is 14.6 Å². The van der Waals surface area contributed by atoms with Gasteiger partial charge in [0.2, 0.25) is 0 Å². The maximum absolute atomic E-state index is 10.8. The van der Waals surface area contributed by atoms with Gasteiger partial charge in [-0.05, 0) is 30.2 Å². The number of aromatic nitrogens is 1. The zero-order valence-corrected chi connectivity index (χ0v) is 13.2. The van der Waals surface area contributed by atoms with Gasteiger partial charge in [0.05, 0.1) is 19.9 Å². The molecule has 0 saturated heterocycles. The molecule has 6 heteroatoms. The molecule has 22 heavy (non-hydrogen) atoms. The van der Waals surface area contributed by atoms with Crippen LogP contribution in [0.4, 0.5) is 0 Å². The first kappa shape index (κ1) is 16.0. The molecule has 0 atom stereocenters. The van der Waals surface area contributed by atoms with Crippen molar-refractivity contribution in [3.05, 3.63) is 39.8 Å². The standard InChI is InChI=1S/C16H17NO4S/c1-3-8-21-13-9-11(4-6-12(13)20-2)5-7-15-17-10-14(22-15)16(18)19/h4-7,9-10H,3,8H2,1-2H3,(H,18,19)/b7-5+. The second-order valence-corrected chi connectivity index (χ2v) is 5.52. The second-order valence-electron chi connectivity index (χ2n) is 4.46. The molecule has 1 aromatic heterocycles. The first-order valence-corrected chi connectivity index (χ1v) is 7.63. The van der Waals surface area contributed by atoms with E-state index in [0.717, 1.165) is 23.3 Å². The third-order valence-corrected chi connectivity index (χ3v) is 3.75. The first-order valence-electron chi connectivity index (χ1n) is 6.82. The number of nitrogens with zero attached hydrogens (tertiary/aromatic N) is 1. The van der Waals surface area contributed by atoms with Crippen molar-refractivity contribution in [3.63, 3.8) is 0 Å². The first-order chi connectivity index (χ1) is 10.6. The van der Waals surface area contributed by atoms with E-state index in [-0.39, 0.29) is 4.88 Å². The fraction of sp³-hybridized carbons (Fsp3) is 0.250. The zero-order chi connectivity index (χ0) is 15.9. The summed E-state index contributed by atoms with van der Waals surface area (Å²) >= 11 is 1.13. The molecule has 0 spiro atoms. The lowest BCUT2D eigenvalue weighted by Gasteiger charge is -2.10. The van der Waals surface area contributed by atoms with Gasteiger partial charge in [-0.15, -0.1) is 11.3 Å². The molecule has 0 bridgehead atoms. The van der Waals surface area contributed by atoms with Gasteiger partial charge in [0.25, 0.3) is 0 Å². The number of carbonyl (C=O) groups is 1. The van der Waals surface area contributed by atoms with E-state index in [1.807, 2.05) is 31.2 Å². The number of aromatic carboxylic acids is 1. The van der Waals surface area contributed by atoms with Crippen LogP contribution in [0.3, 0.4) is 0 Å². The highest BCUT2D eigenvalue weighted by Gasteiger charge is 2.07. The minimum Gasteiger partial charge on any atom is -0.493 e. The molecule has 0 fully saturated rings. The van der Waals surface area contributed by atoms with Crippen LogP contribution in [0, 0.1) is 0 Å². The molecule has 0 unspecified atom stereocenters. The summed E-state index contributed by atoms with van der Waals surface area (Å²) in [6.45, 7) is 2.66. The van der Waals surface area contributed by atoms with E-state index < -0.39 is 5.97 Å². The van der Waals surface area contributed by atoms with Crippen LogP contribution in [0.15, 0.2) is 24.4 Å². The zero-order valence-electron chi connectivity index (χ0n) is 12.4. The fourth-order valence-corrected chi connectivity index (χ4v) is 2.41. The maximum atomic E-state index is 10.8. The van der Waals surface area contributed by atoms with Crippen LogP contribution in [-0.2, 0) is 0 Å². The summed E-state index contributed by atoms with van der Waals surface area (Å²) in [5.74, 6) is 0.418. The Bertz CT molecular complexity index is 679. The highest BCUT2D eigenvalue weighted by atomic mass is 32.1. The highest BCUT2D eigenvalue weighted by Crippen LogP contribution is 2.29. The van der Waals surface area contributed by atoms with Crippen LogP contribution in [0.2, 0.25) is 0 Å². The molecule has 0 amide bonds. The third kappa shape index (κ3) is 4.08. The van der Waals surface area contributed by atoms with Gasteiger partial charge in [-0.25, -0.2) is 9.78 Å². The van der Waals surface area contributed by atoms with Gasteiger partial charge in [0.15, 0.2) is 11.5 Å². The number of thiazole rings is 1. The van der Waals surface area contributed by atoms with E-state index >= 15 is 0 Å². The maximum Gasteiger partial charge on any atom is 0.347 e. The highest BCUT2D eigenvalue weighted by molar-refractivity contribution is 7.14. The minimum absolute atomic E-state index is 0.223. The summed E-state index contributed by atoms with van der Waals surface area (Å²) in [5.41, 5.74) is 0.930. The summed E-state index contributed by atoms with van der Waals surface area (Å²) < 4.78 is 10.9. The Morgan fingerprint density at radius 1 is 1.36 bits per heavy atom. The van der Waals surface area contributed by atoms with Crippen LogP contribution < -0.4 is 9.47 Å². The quantitative estimate of drug-likeness (QED) is 0.840. The molecule has 2 rings (SSSR count). The van der Waals surface area contributed by atoms with Gasteiger partial charge in [0, 0.05) is 0 Å². The van der Waals surface area contributed by atoms with Crippen LogP contribution in [-0.4, -0.2) is 29.8 Å². The lowest BCUT2D eigenvalue weighted by atomic mass is 10.2. The molecular weight excluding hydrogens is 302 g/mol. The summed E-state index contributed by atoms with van der Waals surface area (Å²) in [6.07, 6.45) is 5.92. The summed E-state index contributed by atoms with van der Waals surface area (Å²) in [7, 11) is 1.60. The molecule has 2 aromatic rings. The number of benzene rings is 1. The molecule has 116 valence electrons. The molecule has 0 aliphatic rings. The van der Waals surface area contributed by atoms with Crippen LogP contribution in [0.1, 0.15) is 33.6 Å². The number of methoxy groups -OCH3 is 1. The number of rotatable bonds is 7. The van der Waals surface area contributed by atoms with E-state index in [1.54, 1.807) is 13.2 Å². The molecule has 0 radical (unpaired) electrons. The Morgan fingerprint density at radius 2 is 2.18 bits per heavy atom. The van der Waals surface area contributed by atoms with Crippen molar-refractivity contribution in [3.8, 4) is 11.5 Å². The minimum atomic E-state index is -0.961. The van der Waals surface area contributed by atoms with Crippen molar-refractivity contribution in [2.45, 2.75) is 13.3 Å². The van der Waals surface area contributed by atoms with Crippen molar-refractivity contribution in [1.29, 1.82) is 0 Å². The molecule has 1 N–H and O–H groups in total. The van der Waals surface area contributed by atoms with E-state index in [2.05, 4.69) is 4.98 Å². The Balaban J connectivity index is 2.17. The van der Waals surface area contributed by atoms with Gasteiger partial charge in [-0.2, -0.15) is 0 Å². The van der Waals surface area contributed by atoms with Crippen LogP contribution in [0.25, 0.3) is 12.2 Å². The molecule has 5 nitrogen and oxygen atoms in total. The Hall–Kier alpha value is -2.34. The monoisotopic (exact) mass is 319 g/mol. The average Bonchev–Trinajstić information content (AvgIpc) is 3.00. The predicted molar refractivity (Wildman–Crippen MR) is 86.8 cm³/mol. The predicted octanol–water partition coefficient (Wildman–Crippen LogP) is 3.81. The summed E-state index contributed by atoms with van der Waals surface area (Å²) in [6, 6.07) is 5.63.